The highest BCUT2D eigenvalue weighted by Crippen LogP contribution is 2.30. The molecule has 0 aliphatic rings. The molecule has 0 amide bonds. The molecule has 1 unspecified atom stereocenters. The van der Waals surface area contributed by atoms with Crippen LogP contribution in [0.25, 0.3) is 0 Å². The molecule has 102 valence electrons. The molecular weight excluding hydrogens is 230 g/mol. The minimum Gasteiger partial charge on any atom is -0.493 e. The van der Waals surface area contributed by atoms with Gasteiger partial charge in [-0.05, 0) is 25.0 Å². The number of rotatable bonds is 8. The van der Waals surface area contributed by atoms with Gasteiger partial charge in [0.25, 0.3) is 0 Å². The number of nitrogens with one attached hydrogen (secondary N) is 1. The first kappa shape index (κ1) is 14.6. The number of ether oxygens (including phenoxy) is 3. The minimum absolute atomic E-state index is 0.465. The summed E-state index contributed by atoms with van der Waals surface area (Å²) in [5, 5.41) is 3.36. The molecule has 18 heavy (non-hydrogen) atoms. The van der Waals surface area contributed by atoms with Crippen LogP contribution in [0.2, 0.25) is 0 Å². The lowest BCUT2D eigenvalue weighted by atomic mass is 10.2. The normalized spacial score (nSPS) is 12.0. The van der Waals surface area contributed by atoms with Crippen LogP contribution in [-0.2, 0) is 4.74 Å². The highest BCUT2D eigenvalue weighted by Gasteiger charge is 2.06. The van der Waals surface area contributed by atoms with Crippen molar-refractivity contribution in [2.24, 2.45) is 5.92 Å². The lowest BCUT2D eigenvalue weighted by Gasteiger charge is -2.15. The number of benzene rings is 1. The fourth-order valence-electron chi connectivity index (χ4n) is 1.69. The smallest absolute Gasteiger partial charge is 0.163 e. The van der Waals surface area contributed by atoms with Crippen LogP contribution in [0.1, 0.15) is 13.8 Å². The van der Waals surface area contributed by atoms with E-state index in [9.17, 15) is 0 Å². The maximum atomic E-state index is 5.53. The summed E-state index contributed by atoms with van der Waals surface area (Å²) in [4.78, 5) is 0. The predicted molar refractivity (Wildman–Crippen MR) is 73.7 cm³/mol. The van der Waals surface area contributed by atoms with Crippen molar-refractivity contribution in [1.29, 1.82) is 0 Å². The zero-order valence-corrected chi connectivity index (χ0v) is 11.7. The van der Waals surface area contributed by atoms with Crippen molar-refractivity contribution in [2.45, 2.75) is 13.8 Å². The van der Waals surface area contributed by atoms with Crippen LogP contribution in [-0.4, -0.2) is 34.0 Å². The number of hydrogen-bond donors (Lipinski definition) is 1. The summed E-state index contributed by atoms with van der Waals surface area (Å²) in [5.74, 6) is 1.99. The SMILES string of the molecule is CCOc1cc(NCC(C)COC)ccc1OC. The van der Waals surface area contributed by atoms with E-state index in [2.05, 4.69) is 12.2 Å². The maximum absolute atomic E-state index is 5.53. The summed E-state index contributed by atoms with van der Waals surface area (Å²) >= 11 is 0. The molecule has 4 heteroatoms. The molecule has 0 aliphatic heterocycles. The van der Waals surface area contributed by atoms with Gasteiger partial charge in [0.1, 0.15) is 0 Å². The lowest BCUT2D eigenvalue weighted by molar-refractivity contribution is 0.164. The molecule has 4 nitrogen and oxygen atoms in total. The number of hydrogen-bond acceptors (Lipinski definition) is 4. The Balaban J connectivity index is 2.63. The first-order chi connectivity index (χ1) is 8.71. The van der Waals surface area contributed by atoms with E-state index in [1.807, 2.05) is 25.1 Å². The second-order valence-electron chi connectivity index (χ2n) is 4.24. The fraction of sp³-hybridized carbons (Fsp3) is 0.571. The van der Waals surface area contributed by atoms with Crippen molar-refractivity contribution in [3.63, 3.8) is 0 Å². The summed E-state index contributed by atoms with van der Waals surface area (Å²) in [6.07, 6.45) is 0. The summed E-state index contributed by atoms with van der Waals surface area (Å²) in [7, 11) is 3.36. The van der Waals surface area contributed by atoms with Gasteiger partial charge in [0.2, 0.25) is 0 Å². The Morgan fingerprint density at radius 1 is 1.22 bits per heavy atom. The molecule has 1 aromatic rings. The first-order valence-electron chi connectivity index (χ1n) is 6.24. The first-order valence-corrected chi connectivity index (χ1v) is 6.24. The molecule has 1 aromatic carbocycles. The Hall–Kier alpha value is -1.42. The van der Waals surface area contributed by atoms with Crippen molar-refractivity contribution < 1.29 is 14.2 Å². The highest BCUT2D eigenvalue weighted by atomic mass is 16.5. The van der Waals surface area contributed by atoms with E-state index in [0.717, 1.165) is 30.3 Å². The largest absolute Gasteiger partial charge is 0.493 e. The number of anilines is 1. The van der Waals surface area contributed by atoms with Crippen molar-refractivity contribution in [1.82, 2.24) is 0 Å². The van der Waals surface area contributed by atoms with Gasteiger partial charge < -0.3 is 19.5 Å². The van der Waals surface area contributed by atoms with Gasteiger partial charge in [0.15, 0.2) is 11.5 Å². The average Bonchev–Trinajstić information content (AvgIpc) is 2.37. The van der Waals surface area contributed by atoms with Crippen LogP contribution in [0, 0.1) is 5.92 Å². The Morgan fingerprint density at radius 3 is 2.61 bits per heavy atom. The molecular formula is C14H23NO3. The van der Waals surface area contributed by atoms with Crippen LogP contribution < -0.4 is 14.8 Å². The average molecular weight is 253 g/mol. The van der Waals surface area contributed by atoms with Gasteiger partial charge in [-0.2, -0.15) is 0 Å². The van der Waals surface area contributed by atoms with E-state index in [1.54, 1.807) is 14.2 Å². The van der Waals surface area contributed by atoms with Gasteiger partial charge in [0, 0.05) is 25.4 Å². The molecule has 0 saturated carbocycles. The van der Waals surface area contributed by atoms with E-state index >= 15 is 0 Å². The van der Waals surface area contributed by atoms with Gasteiger partial charge in [-0.25, -0.2) is 0 Å². The Labute approximate surface area is 109 Å². The van der Waals surface area contributed by atoms with E-state index in [4.69, 9.17) is 14.2 Å². The quantitative estimate of drug-likeness (QED) is 0.773. The van der Waals surface area contributed by atoms with E-state index in [1.165, 1.54) is 0 Å². The van der Waals surface area contributed by atoms with Crippen LogP contribution in [0.15, 0.2) is 18.2 Å². The molecule has 1 atom stereocenters. The maximum Gasteiger partial charge on any atom is 0.163 e. The van der Waals surface area contributed by atoms with E-state index < -0.39 is 0 Å². The predicted octanol–water partition coefficient (Wildman–Crippen LogP) is 2.79. The van der Waals surface area contributed by atoms with Crippen LogP contribution >= 0.6 is 0 Å². The van der Waals surface area contributed by atoms with Gasteiger partial charge in [-0.15, -0.1) is 0 Å². The van der Waals surface area contributed by atoms with Gasteiger partial charge >= 0.3 is 0 Å². The van der Waals surface area contributed by atoms with Crippen LogP contribution in [0.5, 0.6) is 11.5 Å². The second-order valence-corrected chi connectivity index (χ2v) is 4.24. The van der Waals surface area contributed by atoms with E-state index in [-0.39, 0.29) is 0 Å². The van der Waals surface area contributed by atoms with Crippen LogP contribution in [0.4, 0.5) is 5.69 Å². The second kappa shape index (κ2) is 7.82. The molecule has 0 fully saturated rings. The molecule has 0 spiro atoms. The third-order valence-corrected chi connectivity index (χ3v) is 2.57. The van der Waals surface area contributed by atoms with Crippen molar-refractivity contribution in [2.75, 3.05) is 39.3 Å². The van der Waals surface area contributed by atoms with Crippen molar-refractivity contribution in [3.8, 4) is 11.5 Å². The summed E-state index contributed by atoms with van der Waals surface area (Å²) in [6, 6.07) is 5.86. The fourth-order valence-corrected chi connectivity index (χ4v) is 1.69. The molecule has 0 heterocycles. The summed E-state index contributed by atoms with van der Waals surface area (Å²) in [6.45, 7) is 6.34. The van der Waals surface area contributed by atoms with Crippen molar-refractivity contribution in [3.05, 3.63) is 18.2 Å². The molecule has 0 saturated heterocycles. The molecule has 0 bridgehead atoms. The molecule has 0 radical (unpaired) electrons. The summed E-state index contributed by atoms with van der Waals surface area (Å²) < 4.78 is 15.9. The van der Waals surface area contributed by atoms with E-state index in [0.29, 0.717) is 12.5 Å². The Kier molecular flexibility index (Phi) is 6.36. The minimum atomic E-state index is 0.465. The zero-order chi connectivity index (χ0) is 13.4. The molecule has 0 aliphatic carbocycles. The summed E-state index contributed by atoms with van der Waals surface area (Å²) in [5.41, 5.74) is 1.03. The zero-order valence-electron chi connectivity index (χ0n) is 11.7. The topological polar surface area (TPSA) is 39.7 Å². The lowest BCUT2D eigenvalue weighted by Crippen LogP contribution is -2.15. The van der Waals surface area contributed by atoms with Crippen molar-refractivity contribution >= 4 is 5.69 Å². The third kappa shape index (κ3) is 4.45. The van der Waals surface area contributed by atoms with Gasteiger partial charge in [-0.3, -0.25) is 0 Å². The highest BCUT2D eigenvalue weighted by molar-refractivity contribution is 5.54. The van der Waals surface area contributed by atoms with Gasteiger partial charge in [0.05, 0.1) is 20.3 Å². The number of methoxy groups -OCH3 is 2. The monoisotopic (exact) mass is 253 g/mol. The van der Waals surface area contributed by atoms with Crippen LogP contribution in [0.3, 0.4) is 0 Å². The molecule has 1 rings (SSSR count). The van der Waals surface area contributed by atoms with Gasteiger partial charge in [-0.1, -0.05) is 6.92 Å². The third-order valence-electron chi connectivity index (χ3n) is 2.57. The standard InChI is InChI=1S/C14H23NO3/c1-5-18-14-8-12(6-7-13(14)17-4)15-9-11(2)10-16-3/h6-8,11,15H,5,9-10H2,1-4H3. The Bertz CT molecular complexity index is 355. The Morgan fingerprint density at radius 2 is 2.00 bits per heavy atom. The molecule has 1 N–H and O–H groups in total. The molecule has 0 aromatic heterocycles.